The standard InChI is InChI=1S/C14H12ClFN2O2S/c15-10-6-11(16)8-12(7-10)18-21(19,20)13-1-2-14-9(5-13)3-4-17-14/h1-2,5-8,17-18H,3-4H2. The highest BCUT2D eigenvalue weighted by molar-refractivity contribution is 7.92. The Morgan fingerprint density at radius 2 is 2.00 bits per heavy atom. The van der Waals surface area contributed by atoms with E-state index in [1.54, 1.807) is 12.1 Å². The van der Waals surface area contributed by atoms with Crippen molar-refractivity contribution in [2.45, 2.75) is 11.3 Å². The zero-order valence-electron chi connectivity index (χ0n) is 10.9. The second kappa shape index (κ2) is 5.20. The van der Waals surface area contributed by atoms with Crippen molar-refractivity contribution in [2.24, 2.45) is 0 Å². The Morgan fingerprint density at radius 3 is 2.76 bits per heavy atom. The lowest BCUT2D eigenvalue weighted by Gasteiger charge is -2.10. The Hall–Kier alpha value is -1.79. The Labute approximate surface area is 127 Å². The predicted molar refractivity (Wildman–Crippen MR) is 80.9 cm³/mol. The molecule has 0 spiro atoms. The van der Waals surface area contributed by atoms with E-state index < -0.39 is 15.8 Å². The second-order valence-corrected chi connectivity index (χ2v) is 6.88. The molecule has 4 nitrogen and oxygen atoms in total. The molecule has 0 saturated carbocycles. The van der Waals surface area contributed by atoms with E-state index in [-0.39, 0.29) is 15.6 Å². The minimum Gasteiger partial charge on any atom is -0.384 e. The van der Waals surface area contributed by atoms with E-state index in [4.69, 9.17) is 11.6 Å². The van der Waals surface area contributed by atoms with Crippen molar-refractivity contribution in [3.63, 3.8) is 0 Å². The van der Waals surface area contributed by atoms with Crippen LogP contribution >= 0.6 is 11.6 Å². The molecule has 2 aromatic carbocycles. The van der Waals surface area contributed by atoms with Crippen molar-refractivity contribution in [2.75, 3.05) is 16.6 Å². The predicted octanol–water partition coefficient (Wildman–Crippen LogP) is 3.25. The molecule has 0 bridgehead atoms. The van der Waals surface area contributed by atoms with Crippen LogP contribution in [0.3, 0.4) is 0 Å². The molecule has 7 heteroatoms. The Kier molecular flexibility index (Phi) is 3.51. The maximum atomic E-state index is 13.3. The normalized spacial score (nSPS) is 13.6. The molecule has 0 radical (unpaired) electrons. The largest absolute Gasteiger partial charge is 0.384 e. The topological polar surface area (TPSA) is 58.2 Å². The fraction of sp³-hybridized carbons (Fsp3) is 0.143. The smallest absolute Gasteiger partial charge is 0.261 e. The van der Waals surface area contributed by atoms with Crippen LogP contribution in [0.5, 0.6) is 0 Å². The SMILES string of the molecule is O=S(=O)(Nc1cc(F)cc(Cl)c1)c1ccc2c(c1)CCN2. The maximum absolute atomic E-state index is 13.3. The van der Waals surface area contributed by atoms with E-state index in [0.29, 0.717) is 0 Å². The Balaban J connectivity index is 1.93. The number of benzene rings is 2. The van der Waals surface area contributed by atoms with E-state index in [1.807, 2.05) is 0 Å². The van der Waals surface area contributed by atoms with Crippen LogP contribution in [0.2, 0.25) is 5.02 Å². The number of halogens is 2. The van der Waals surface area contributed by atoms with Crippen LogP contribution in [-0.4, -0.2) is 15.0 Å². The number of fused-ring (bicyclic) bond motifs is 1. The molecule has 0 amide bonds. The molecule has 0 aliphatic carbocycles. The van der Waals surface area contributed by atoms with Gasteiger partial charge in [0.15, 0.2) is 0 Å². The second-order valence-electron chi connectivity index (χ2n) is 4.76. The maximum Gasteiger partial charge on any atom is 0.261 e. The Bertz CT molecular complexity index is 788. The summed E-state index contributed by atoms with van der Waals surface area (Å²) in [5.41, 5.74) is 2.00. The molecule has 1 aliphatic heterocycles. The van der Waals surface area contributed by atoms with Gasteiger partial charge in [-0.15, -0.1) is 0 Å². The highest BCUT2D eigenvalue weighted by Gasteiger charge is 2.18. The van der Waals surface area contributed by atoms with Gasteiger partial charge in [-0.05, 0) is 48.4 Å². The third-order valence-electron chi connectivity index (χ3n) is 3.21. The van der Waals surface area contributed by atoms with Crippen LogP contribution in [0.4, 0.5) is 15.8 Å². The molecule has 21 heavy (non-hydrogen) atoms. The third kappa shape index (κ3) is 2.96. The molecule has 110 valence electrons. The lowest BCUT2D eigenvalue weighted by Crippen LogP contribution is -2.13. The summed E-state index contributed by atoms with van der Waals surface area (Å²) < 4.78 is 40.2. The number of anilines is 2. The monoisotopic (exact) mass is 326 g/mol. The highest BCUT2D eigenvalue weighted by Crippen LogP contribution is 2.27. The van der Waals surface area contributed by atoms with Gasteiger partial charge in [0, 0.05) is 17.3 Å². The zero-order chi connectivity index (χ0) is 15.0. The number of hydrogen-bond acceptors (Lipinski definition) is 3. The zero-order valence-corrected chi connectivity index (χ0v) is 12.4. The fourth-order valence-electron chi connectivity index (χ4n) is 2.28. The van der Waals surface area contributed by atoms with Crippen molar-refractivity contribution in [3.05, 3.63) is 52.8 Å². The van der Waals surface area contributed by atoms with Crippen LogP contribution in [0.25, 0.3) is 0 Å². The minimum absolute atomic E-state index is 0.0959. The first-order valence-electron chi connectivity index (χ1n) is 6.30. The van der Waals surface area contributed by atoms with Crippen LogP contribution in [0.15, 0.2) is 41.3 Å². The minimum atomic E-state index is -3.77. The van der Waals surface area contributed by atoms with Gasteiger partial charge in [0.1, 0.15) is 5.82 Å². The molecule has 0 saturated heterocycles. The van der Waals surface area contributed by atoms with Crippen LogP contribution in [0, 0.1) is 5.82 Å². The summed E-state index contributed by atoms with van der Waals surface area (Å²) in [5.74, 6) is -0.599. The van der Waals surface area contributed by atoms with Crippen molar-refractivity contribution < 1.29 is 12.8 Å². The first-order chi connectivity index (χ1) is 9.94. The first kappa shape index (κ1) is 14.2. The summed E-state index contributed by atoms with van der Waals surface area (Å²) in [6.45, 7) is 0.797. The van der Waals surface area contributed by atoms with Crippen LogP contribution in [0.1, 0.15) is 5.56 Å². The molecule has 0 fully saturated rings. The van der Waals surface area contributed by atoms with E-state index in [0.717, 1.165) is 36.3 Å². The van der Waals surface area contributed by atoms with Gasteiger partial charge >= 0.3 is 0 Å². The average molecular weight is 327 g/mol. The quantitative estimate of drug-likeness (QED) is 0.910. The highest BCUT2D eigenvalue weighted by atomic mass is 35.5. The molecule has 0 aromatic heterocycles. The van der Waals surface area contributed by atoms with Crippen LogP contribution < -0.4 is 10.0 Å². The number of hydrogen-bond donors (Lipinski definition) is 2. The molecule has 0 unspecified atom stereocenters. The Morgan fingerprint density at radius 1 is 1.19 bits per heavy atom. The average Bonchev–Trinajstić information content (AvgIpc) is 2.83. The summed E-state index contributed by atoms with van der Waals surface area (Å²) in [7, 11) is -3.77. The van der Waals surface area contributed by atoms with Crippen molar-refractivity contribution in [1.29, 1.82) is 0 Å². The lowest BCUT2D eigenvalue weighted by molar-refractivity contribution is 0.601. The van der Waals surface area contributed by atoms with Gasteiger partial charge in [0.05, 0.1) is 10.6 Å². The summed E-state index contributed by atoms with van der Waals surface area (Å²) in [4.78, 5) is 0.144. The third-order valence-corrected chi connectivity index (χ3v) is 4.81. The van der Waals surface area contributed by atoms with Crippen LogP contribution in [-0.2, 0) is 16.4 Å². The van der Waals surface area contributed by atoms with E-state index >= 15 is 0 Å². The summed E-state index contributed by atoms with van der Waals surface area (Å²) in [6.07, 6.45) is 0.782. The van der Waals surface area contributed by atoms with Gasteiger partial charge in [-0.3, -0.25) is 4.72 Å². The van der Waals surface area contributed by atoms with E-state index in [1.165, 1.54) is 12.1 Å². The first-order valence-corrected chi connectivity index (χ1v) is 8.16. The molecule has 1 aliphatic rings. The summed E-state index contributed by atoms with van der Waals surface area (Å²) in [5, 5.41) is 3.29. The van der Waals surface area contributed by atoms with Gasteiger partial charge in [-0.1, -0.05) is 11.6 Å². The molecule has 3 rings (SSSR count). The van der Waals surface area contributed by atoms with E-state index in [2.05, 4.69) is 10.0 Å². The molecular formula is C14H12ClFN2O2S. The van der Waals surface area contributed by atoms with E-state index in [9.17, 15) is 12.8 Å². The number of sulfonamides is 1. The molecule has 1 heterocycles. The van der Waals surface area contributed by atoms with Gasteiger partial charge in [-0.25, -0.2) is 12.8 Å². The van der Waals surface area contributed by atoms with Gasteiger partial charge < -0.3 is 5.32 Å². The molecule has 2 aromatic rings. The number of rotatable bonds is 3. The summed E-state index contributed by atoms with van der Waals surface area (Å²) >= 11 is 5.72. The van der Waals surface area contributed by atoms with Gasteiger partial charge in [0.25, 0.3) is 10.0 Å². The van der Waals surface area contributed by atoms with Gasteiger partial charge in [0.2, 0.25) is 0 Å². The fourth-order valence-corrected chi connectivity index (χ4v) is 3.59. The van der Waals surface area contributed by atoms with Crippen molar-refractivity contribution in [1.82, 2.24) is 0 Å². The molecular weight excluding hydrogens is 315 g/mol. The lowest BCUT2D eigenvalue weighted by atomic mass is 10.2. The summed E-state index contributed by atoms with van der Waals surface area (Å²) in [6, 6.07) is 8.42. The van der Waals surface area contributed by atoms with Crippen molar-refractivity contribution >= 4 is 33.0 Å². The van der Waals surface area contributed by atoms with Crippen molar-refractivity contribution in [3.8, 4) is 0 Å². The van der Waals surface area contributed by atoms with Gasteiger partial charge in [-0.2, -0.15) is 0 Å². The molecule has 0 atom stereocenters. The number of nitrogens with one attached hydrogen (secondary N) is 2. The molecule has 2 N–H and O–H groups in total.